The van der Waals surface area contributed by atoms with Crippen LogP contribution in [0.5, 0.6) is 0 Å². The van der Waals surface area contributed by atoms with Crippen LogP contribution in [0.1, 0.15) is 38.3 Å². The number of carbonyl (C=O) groups is 2. The minimum absolute atomic E-state index is 0.0541. The molecule has 1 fully saturated rings. The van der Waals surface area contributed by atoms with Crippen molar-refractivity contribution >= 4 is 11.9 Å². The average Bonchev–Trinajstić information content (AvgIpc) is 3.08. The van der Waals surface area contributed by atoms with Gasteiger partial charge in [-0.15, -0.1) is 0 Å². The second kappa shape index (κ2) is 8.15. The molecule has 1 saturated heterocycles. The van der Waals surface area contributed by atoms with Crippen molar-refractivity contribution in [3.8, 4) is 0 Å². The first-order valence-electron chi connectivity index (χ1n) is 8.66. The van der Waals surface area contributed by atoms with Gasteiger partial charge in [0.1, 0.15) is 18.8 Å². The monoisotopic (exact) mass is 354 g/mol. The lowest BCUT2D eigenvalue weighted by Gasteiger charge is -2.19. The Hall–Kier alpha value is -2.66. The number of aryl methyl sites for hydroxylation is 2. The quantitative estimate of drug-likeness (QED) is 0.770. The highest BCUT2D eigenvalue weighted by molar-refractivity contribution is 5.90. The molecule has 0 saturated carbocycles. The fraction of sp³-hybridized carbons (Fsp3) is 0.333. The van der Waals surface area contributed by atoms with Crippen LogP contribution in [0.3, 0.4) is 0 Å². The zero-order valence-electron chi connectivity index (χ0n) is 14.9. The number of hydrogen-bond acceptors (Lipinski definition) is 5. The summed E-state index contributed by atoms with van der Waals surface area (Å²) in [6.07, 6.45) is -0.280. The van der Waals surface area contributed by atoms with E-state index in [-0.39, 0.29) is 6.61 Å². The SMILES string of the molecule is Cc1ccc(C(=O)OCC2OCCC2OC(=O)c2ccc(C)cc2)cc1. The van der Waals surface area contributed by atoms with Gasteiger partial charge in [0.15, 0.2) is 0 Å². The predicted octanol–water partition coefficient (Wildman–Crippen LogP) is 3.47. The third kappa shape index (κ3) is 4.49. The molecule has 136 valence electrons. The third-order valence-corrected chi connectivity index (χ3v) is 4.36. The summed E-state index contributed by atoms with van der Waals surface area (Å²) in [7, 11) is 0. The maximum atomic E-state index is 12.3. The number of esters is 2. The maximum absolute atomic E-state index is 12.3. The summed E-state index contributed by atoms with van der Waals surface area (Å²) in [6.45, 7) is 4.43. The van der Waals surface area contributed by atoms with Crippen molar-refractivity contribution < 1.29 is 23.8 Å². The van der Waals surface area contributed by atoms with Gasteiger partial charge in [-0.2, -0.15) is 0 Å². The predicted molar refractivity (Wildman–Crippen MR) is 96.2 cm³/mol. The number of carbonyl (C=O) groups excluding carboxylic acids is 2. The van der Waals surface area contributed by atoms with Gasteiger partial charge in [0.05, 0.1) is 17.7 Å². The lowest BCUT2D eigenvalue weighted by molar-refractivity contribution is -0.0282. The summed E-state index contributed by atoms with van der Waals surface area (Å²) in [5, 5.41) is 0. The third-order valence-electron chi connectivity index (χ3n) is 4.36. The number of hydrogen-bond donors (Lipinski definition) is 0. The molecule has 2 aromatic rings. The van der Waals surface area contributed by atoms with Crippen LogP contribution in [0.2, 0.25) is 0 Å². The highest BCUT2D eigenvalue weighted by atomic mass is 16.6. The molecule has 26 heavy (non-hydrogen) atoms. The Labute approximate surface area is 152 Å². The first-order valence-corrected chi connectivity index (χ1v) is 8.66. The normalized spacial score (nSPS) is 19.2. The van der Waals surface area contributed by atoms with Gasteiger partial charge >= 0.3 is 11.9 Å². The molecule has 0 radical (unpaired) electrons. The van der Waals surface area contributed by atoms with E-state index in [1.165, 1.54) is 0 Å². The molecule has 0 spiro atoms. The van der Waals surface area contributed by atoms with Crippen LogP contribution in [-0.4, -0.2) is 37.4 Å². The minimum atomic E-state index is -0.446. The van der Waals surface area contributed by atoms with Crippen molar-refractivity contribution in [2.75, 3.05) is 13.2 Å². The van der Waals surface area contributed by atoms with E-state index < -0.39 is 24.1 Å². The summed E-state index contributed by atoms with van der Waals surface area (Å²) in [6, 6.07) is 14.4. The molecule has 5 nitrogen and oxygen atoms in total. The summed E-state index contributed by atoms with van der Waals surface area (Å²) < 4.78 is 16.5. The Morgan fingerprint density at radius 3 is 2.04 bits per heavy atom. The highest BCUT2D eigenvalue weighted by Crippen LogP contribution is 2.20. The molecule has 1 aliphatic rings. The molecule has 0 aliphatic carbocycles. The van der Waals surface area contributed by atoms with Crippen LogP contribution in [0.25, 0.3) is 0 Å². The van der Waals surface area contributed by atoms with E-state index in [4.69, 9.17) is 14.2 Å². The molecule has 1 aliphatic heterocycles. The summed E-state index contributed by atoms with van der Waals surface area (Å²) in [5.74, 6) is -0.806. The minimum Gasteiger partial charge on any atom is -0.459 e. The number of ether oxygens (including phenoxy) is 3. The molecule has 0 amide bonds. The lowest BCUT2D eigenvalue weighted by atomic mass is 10.1. The Morgan fingerprint density at radius 2 is 1.46 bits per heavy atom. The maximum Gasteiger partial charge on any atom is 0.338 e. The van der Waals surface area contributed by atoms with E-state index in [0.29, 0.717) is 24.2 Å². The van der Waals surface area contributed by atoms with Gasteiger partial charge in [-0.1, -0.05) is 35.4 Å². The van der Waals surface area contributed by atoms with Gasteiger partial charge in [-0.3, -0.25) is 0 Å². The molecule has 1 heterocycles. The van der Waals surface area contributed by atoms with Gasteiger partial charge in [-0.25, -0.2) is 9.59 Å². The second-order valence-corrected chi connectivity index (χ2v) is 6.47. The molecule has 0 N–H and O–H groups in total. The van der Waals surface area contributed by atoms with Gasteiger partial charge in [-0.05, 0) is 38.1 Å². The molecule has 0 bridgehead atoms. The summed E-state index contributed by atoms with van der Waals surface area (Å²) in [5.41, 5.74) is 3.13. The zero-order chi connectivity index (χ0) is 18.5. The Balaban J connectivity index is 1.54. The summed E-state index contributed by atoms with van der Waals surface area (Å²) >= 11 is 0. The van der Waals surface area contributed by atoms with E-state index in [2.05, 4.69) is 0 Å². The second-order valence-electron chi connectivity index (χ2n) is 6.47. The lowest BCUT2D eigenvalue weighted by Crippen LogP contribution is -2.32. The van der Waals surface area contributed by atoms with Gasteiger partial charge in [0.2, 0.25) is 0 Å². The number of rotatable bonds is 5. The van der Waals surface area contributed by atoms with Crippen molar-refractivity contribution in [1.82, 2.24) is 0 Å². The van der Waals surface area contributed by atoms with E-state index in [0.717, 1.165) is 11.1 Å². The van der Waals surface area contributed by atoms with Crippen molar-refractivity contribution in [3.63, 3.8) is 0 Å². The average molecular weight is 354 g/mol. The van der Waals surface area contributed by atoms with Crippen molar-refractivity contribution in [2.24, 2.45) is 0 Å². The van der Waals surface area contributed by atoms with Crippen molar-refractivity contribution in [1.29, 1.82) is 0 Å². The van der Waals surface area contributed by atoms with E-state index in [1.54, 1.807) is 24.3 Å². The highest BCUT2D eigenvalue weighted by Gasteiger charge is 2.33. The van der Waals surface area contributed by atoms with Gasteiger partial charge in [0, 0.05) is 6.42 Å². The van der Waals surface area contributed by atoms with E-state index >= 15 is 0 Å². The van der Waals surface area contributed by atoms with Gasteiger partial charge in [0.25, 0.3) is 0 Å². The Bertz CT molecular complexity index is 764. The van der Waals surface area contributed by atoms with E-state index in [1.807, 2.05) is 38.1 Å². The molecular weight excluding hydrogens is 332 g/mol. The van der Waals surface area contributed by atoms with Crippen LogP contribution >= 0.6 is 0 Å². The Kier molecular flexibility index (Phi) is 5.68. The molecule has 2 aromatic carbocycles. The first-order chi connectivity index (χ1) is 12.5. The topological polar surface area (TPSA) is 61.8 Å². The van der Waals surface area contributed by atoms with E-state index in [9.17, 15) is 9.59 Å². The largest absolute Gasteiger partial charge is 0.459 e. The number of benzene rings is 2. The van der Waals surface area contributed by atoms with Crippen LogP contribution in [0.4, 0.5) is 0 Å². The van der Waals surface area contributed by atoms with Crippen molar-refractivity contribution in [2.45, 2.75) is 32.5 Å². The fourth-order valence-electron chi connectivity index (χ4n) is 2.75. The standard InChI is InChI=1S/C21H22O5/c1-14-3-7-16(8-4-14)20(22)25-13-19-18(11-12-24-19)26-21(23)17-9-5-15(2)6-10-17/h3-10,18-19H,11-13H2,1-2H3. The molecule has 0 aromatic heterocycles. The summed E-state index contributed by atoms with van der Waals surface area (Å²) in [4.78, 5) is 24.4. The van der Waals surface area contributed by atoms with Gasteiger partial charge < -0.3 is 14.2 Å². The fourth-order valence-corrected chi connectivity index (χ4v) is 2.75. The van der Waals surface area contributed by atoms with Crippen molar-refractivity contribution in [3.05, 3.63) is 70.8 Å². The molecule has 5 heteroatoms. The molecular formula is C21H22O5. The van der Waals surface area contributed by atoms with Crippen LogP contribution in [-0.2, 0) is 14.2 Å². The molecule has 3 rings (SSSR count). The molecule has 2 unspecified atom stereocenters. The Morgan fingerprint density at radius 1 is 0.923 bits per heavy atom. The van der Waals surface area contributed by atoms with Crippen LogP contribution < -0.4 is 0 Å². The van der Waals surface area contributed by atoms with Crippen LogP contribution in [0.15, 0.2) is 48.5 Å². The molecule has 2 atom stereocenters. The smallest absolute Gasteiger partial charge is 0.338 e. The first kappa shape index (κ1) is 18.1. The zero-order valence-corrected chi connectivity index (χ0v) is 14.9. The van der Waals surface area contributed by atoms with Crippen LogP contribution in [0, 0.1) is 13.8 Å².